The van der Waals surface area contributed by atoms with Gasteiger partial charge in [0.05, 0.1) is 0 Å². The predicted octanol–water partition coefficient (Wildman–Crippen LogP) is 2.78. The fraction of sp³-hybridized carbons (Fsp3) is 0.619. The molecule has 1 aromatic carbocycles. The van der Waals surface area contributed by atoms with Crippen LogP contribution < -0.4 is 20.1 Å². The number of guanidine groups is 1. The average Bonchev–Trinajstić information content (AvgIpc) is 3.18. The summed E-state index contributed by atoms with van der Waals surface area (Å²) in [6, 6.07) is 6.02. The molecule has 1 fully saturated rings. The minimum Gasteiger partial charge on any atom is -0.454 e. The Labute approximate surface area is 190 Å². The topological polar surface area (TPSA) is 75.2 Å². The first-order valence-electron chi connectivity index (χ1n) is 10.2. The SMILES string of the molecule is CN(C)C(=O)CN=C(NCCc1ccc2c(c1)OCO2)NCC1CCCCC1.I. The number of nitrogens with zero attached hydrogens (tertiary/aromatic N) is 2. The van der Waals surface area contributed by atoms with Gasteiger partial charge in [-0.15, -0.1) is 24.0 Å². The van der Waals surface area contributed by atoms with Crippen molar-refractivity contribution >= 4 is 35.8 Å². The van der Waals surface area contributed by atoms with Crippen LogP contribution in [0.2, 0.25) is 0 Å². The fourth-order valence-corrected chi connectivity index (χ4v) is 3.52. The highest BCUT2D eigenvalue weighted by molar-refractivity contribution is 14.0. The second kappa shape index (κ2) is 12.1. The largest absolute Gasteiger partial charge is 0.454 e. The van der Waals surface area contributed by atoms with Gasteiger partial charge in [-0.3, -0.25) is 4.79 Å². The Morgan fingerprint density at radius 2 is 1.90 bits per heavy atom. The number of carbonyl (C=O) groups is 1. The third-order valence-electron chi connectivity index (χ3n) is 5.30. The molecule has 0 radical (unpaired) electrons. The molecular weight excluding hydrogens is 483 g/mol. The van der Waals surface area contributed by atoms with E-state index >= 15 is 0 Å². The molecule has 3 rings (SSSR count). The first-order valence-corrected chi connectivity index (χ1v) is 10.2. The van der Waals surface area contributed by atoms with Gasteiger partial charge in [0.2, 0.25) is 12.7 Å². The van der Waals surface area contributed by atoms with E-state index < -0.39 is 0 Å². The number of aliphatic imine (C=N–C) groups is 1. The lowest BCUT2D eigenvalue weighted by atomic mass is 9.89. The lowest BCUT2D eigenvalue weighted by Crippen LogP contribution is -2.41. The number of ether oxygens (including phenoxy) is 2. The normalized spacial score (nSPS) is 16.1. The van der Waals surface area contributed by atoms with Crippen molar-refractivity contribution in [2.45, 2.75) is 38.5 Å². The summed E-state index contributed by atoms with van der Waals surface area (Å²) in [5.41, 5.74) is 1.17. The van der Waals surface area contributed by atoms with Crippen LogP contribution in [0.15, 0.2) is 23.2 Å². The molecule has 1 saturated carbocycles. The predicted molar refractivity (Wildman–Crippen MR) is 125 cm³/mol. The average molecular weight is 516 g/mol. The molecule has 0 unspecified atom stereocenters. The standard InChI is InChI=1S/C21H32N4O3.HI/c1-25(2)20(26)14-24-21(23-13-17-6-4-3-5-7-17)22-11-10-16-8-9-18-19(12-16)28-15-27-18;/h8-9,12,17H,3-7,10-11,13-15H2,1-2H3,(H2,22,23,24);1H. The van der Waals surface area contributed by atoms with E-state index in [0.717, 1.165) is 31.0 Å². The minimum absolute atomic E-state index is 0. The van der Waals surface area contributed by atoms with Gasteiger partial charge in [0.25, 0.3) is 0 Å². The summed E-state index contributed by atoms with van der Waals surface area (Å²) in [5.74, 6) is 3.00. The molecule has 29 heavy (non-hydrogen) atoms. The lowest BCUT2D eigenvalue weighted by Gasteiger charge is -2.23. The third-order valence-corrected chi connectivity index (χ3v) is 5.30. The number of rotatable bonds is 7. The highest BCUT2D eigenvalue weighted by Gasteiger charge is 2.15. The van der Waals surface area contributed by atoms with Gasteiger partial charge in [-0.05, 0) is 42.9 Å². The van der Waals surface area contributed by atoms with Crippen LogP contribution in [0.5, 0.6) is 11.5 Å². The number of likely N-dealkylation sites (N-methyl/N-ethyl adjacent to an activating group) is 1. The van der Waals surface area contributed by atoms with Crippen LogP contribution in [0.25, 0.3) is 0 Å². The lowest BCUT2D eigenvalue weighted by molar-refractivity contribution is -0.127. The van der Waals surface area contributed by atoms with Crippen molar-refractivity contribution in [3.8, 4) is 11.5 Å². The van der Waals surface area contributed by atoms with Crippen molar-refractivity contribution in [3.63, 3.8) is 0 Å². The third kappa shape index (κ3) is 7.56. The molecule has 0 bridgehead atoms. The number of carbonyl (C=O) groups excluding carboxylic acids is 1. The number of hydrogen-bond acceptors (Lipinski definition) is 4. The van der Waals surface area contributed by atoms with Gasteiger partial charge in [-0.25, -0.2) is 4.99 Å². The van der Waals surface area contributed by atoms with E-state index in [2.05, 4.69) is 21.7 Å². The van der Waals surface area contributed by atoms with Crippen LogP contribution in [-0.4, -0.2) is 57.3 Å². The zero-order chi connectivity index (χ0) is 19.8. The van der Waals surface area contributed by atoms with Crippen molar-refractivity contribution in [1.82, 2.24) is 15.5 Å². The molecule has 1 heterocycles. The Hall–Kier alpha value is -1.71. The molecule has 1 aliphatic heterocycles. The van der Waals surface area contributed by atoms with Crippen LogP contribution >= 0.6 is 24.0 Å². The number of benzene rings is 1. The fourth-order valence-electron chi connectivity index (χ4n) is 3.52. The van der Waals surface area contributed by atoms with Crippen LogP contribution in [-0.2, 0) is 11.2 Å². The summed E-state index contributed by atoms with van der Waals surface area (Å²) >= 11 is 0. The molecule has 0 atom stereocenters. The van der Waals surface area contributed by atoms with E-state index in [4.69, 9.17) is 9.47 Å². The molecule has 1 amide bonds. The van der Waals surface area contributed by atoms with Crippen molar-refractivity contribution < 1.29 is 14.3 Å². The Bertz CT molecular complexity index is 691. The monoisotopic (exact) mass is 516 g/mol. The Kier molecular flexibility index (Phi) is 9.83. The number of amides is 1. The first kappa shape index (κ1) is 23.6. The van der Waals surface area contributed by atoms with E-state index in [1.165, 1.54) is 37.7 Å². The molecule has 0 saturated heterocycles. The molecule has 2 N–H and O–H groups in total. The number of nitrogens with one attached hydrogen (secondary N) is 2. The quantitative estimate of drug-likeness (QED) is 0.331. The summed E-state index contributed by atoms with van der Waals surface area (Å²) in [4.78, 5) is 17.9. The van der Waals surface area contributed by atoms with E-state index in [1.807, 2.05) is 12.1 Å². The summed E-state index contributed by atoms with van der Waals surface area (Å²) in [6.07, 6.45) is 7.36. The Morgan fingerprint density at radius 1 is 1.14 bits per heavy atom. The molecule has 2 aliphatic rings. The number of hydrogen-bond donors (Lipinski definition) is 2. The number of halogens is 1. The summed E-state index contributed by atoms with van der Waals surface area (Å²) < 4.78 is 10.8. The zero-order valence-electron chi connectivity index (χ0n) is 17.4. The minimum atomic E-state index is -0.00506. The van der Waals surface area contributed by atoms with E-state index in [0.29, 0.717) is 18.7 Å². The van der Waals surface area contributed by atoms with Gasteiger partial charge in [-0.1, -0.05) is 25.3 Å². The molecule has 7 nitrogen and oxygen atoms in total. The molecule has 0 spiro atoms. The van der Waals surface area contributed by atoms with Crippen LogP contribution in [0.3, 0.4) is 0 Å². The van der Waals surface area contributed by atoms with E-state index in [9.17, 15) is 4.79 Å². The maximum absolute atomic E-state index is 11.9. The molecule has 162 valence electrons. The highest BCUT2D eigenvalue weighted by atomic mass is 127. The molecular formula is C21H33IN4O3. The molecule has 0 aromatic heterocycles. The van der Waals surface area contributed by atoms with Crippen molar-refractivity contribution in [2.75, 3.05) is 40.5 Å². The summed E-state index contributed by atoms with van der Waals surface area (Å²) in [7, 11) is 3.50. The Balaban J connectivity index is 0.00000300. The van der Waals surface area contributed by atoms with Gasteiger partial charge in [0.1, 0.15) is 6.54 Å². The van der Waals surface area contributed by atoms with Gasteiger partial charge >= 0.3 is 0 Å². The van der Waals surface area contributed by atoms with Gasteiger partial charge < -0.3 is 25.0 Å². The molecule has 1 aliphatic carbocycles. The van der Waals surface area contributed by atoms with Gasteiger partial charge in [0.15, 0.2) is 17.5 Å². The highest BCUT2D eigenvalue weighted by Crippen LogP contribution is 2.32. The number of fused-ring (bicyclic) bond motifs is 1. The van der Waals surface area contributed by atoms with Crippen LogP contribution in [0, 0.1) is 5.92 Å². The summed E-state index contributed by atoms with van der Waals surface area (Å²) in [5, 5.41) is 6.80. The maximum atomic E-state index is 11.9. The molecule has 8 heteroatoms. The van der Waals surface area contributed by atoms with Crippen molar-refractivity contribution in [1.29, 1.82) is 0 Å². The second-order valence-electron chi connectivity index (χ2n) is 7.70. The van der Waals surface area contributed by atoms with Crippen molar-refractivity contribution in [3.05, 3.63) is 23.8 Å². The Morgan fingerprint density at radius 3 is 2.66 bits per heavy atom. The van der Waals surface area contributed by atoms with Gasteiger partial charge in [-0.2, -0.15) is 0 Å². The van der Waals surface area contributed by atoms with E-state index in [1.54, 1.807) is 19.0 Å². The first-order chi connectivity index (χ1) is 13.6. The van der Waals surface area contributed by atoms with Crippen LogP contribution in [0.4, 0.5) is 0 Å². The van der Waals surface area contributed by atoms with E-state index in [-0.39, 0.29) is 36.4 Å². The summed E-state index contributed by atoms with van der Waals surface area (Å²) in [6.45, 7) is 2.08. The molecule has 1 aromatic rings. The van der Waals surface area contributed by atoms with Crippen molar-refractivity contribution in [2.24, 2.45) is 10.9 Å². The second-order valence-corrected chi connectivity index (χ2v) is 7.70. The van der Waals surface area contributed by atoms with Crippen LogP contribution in [0.1, 0.15) is 37.7 Å². The maximum Gasteiger partial charge on any atom is 0.243 e. The zero-order valence-corrected chi connectivity index (χ0v) is 19.7. The van der Waals surface area contributed by atoms with Gasteiger partial charge in [0, 0.05) is 27.2 Å². The smallest absolute Gasteiger partial charge is 0.243 e.